The van der Waals surface area contributed by atoms with Gasteiger partial charge in [0.05, 0.1) is 11.0 Å². The van der Waals surface area contributed by atoms with Crippen molar-refractivity contribution in [2.24, 2.45) is 0 Å². The van der Waals surface area contributed by atoms with Gasteiger partial charge in [-0.3, -0.25) is 4.57 Å². The molecule has 3 nitrogen and oxygen atoms in total. The average Bonchev–Trinajstić information content (AvgIpc) is 3.03. The Morgan fingerprint density at radius 2 is 1.60 bits per heavy atom. The molecule has 25 heavy (non-hydrogen) atoms. The number of imidazole rings is 1. The Bertz CT molecular complexity index is 1080. The quantitative estimate of drug-likeness (QED) is 0.463. The summed E-state index contributed by atoms with van der Waals surface area (Å²) in [6.07, 6.45) is 0.0366. The molecular weight excluding hydrogens is 330 g/mol. The second kappa shape index (κ2) is 5.36. The molecule has 0 saturated carbocycles. The monoisotopic (exact) mass is 345 g/mol. The zero-order valence-electron chi connectivity index (χ0n) is 13.7. The van der Waals surface area contributed by atoms with Crippen LogP contribution in [0.1, 0.15) is 11.7 Å². The van der Waals surface area contributed by atoms with Crippen LogP contribution < -0.4 is 4.90 Å². The molecule has 0 unspecified atom stereocenters. The second-order valence-corrected chi connectivity index (χ2v) is 6.78. The van der Waals surface area contributed by atoms with Gasteiger partial charge in [0.1, 0.15) is 12.0 Å². The minimum Gasteiger partial charge on any atom is -0.350 e. The van der Waals surface area contributed by atoms with Crippen LogP contribution in [0.5, 0.6) is 0 Å². The van der Waals surface area contributed by atoms with E-state index in [1.165, 1.54) is 11.3 Å². The lowest BCUT2D eigenvalue weighted by Gasteiger charge is -2.38. The molecule has 4 heteroatoms. The zero-order chi connectivity index (χ0) is 17.0. The van der Waals surface area contributed by atoms with Gasteiger partial charge in [0.15, 0.2) is 0 Å². The number of fused-ring (bicyclic) bond motifs is 5. The lowest BCUT2D eigenvalue weighted by molar-refractivity contribution is 0.582. The number of aromatic nitrogens is 2. The van der Waals surface area contributed by atoms with Gasteiger partial charge in [0, 0.05) is 23.3 Å². The SMILES string of the molecule is CN1c2ccccc2-c2nc3ccccc3n2[C@H]1c1ccc(Cl)cc1. The number of anilines is 1. The number of hydrogen-bond donors (Lipinski definition) is 0. The number of nitrogens with zero attached hydrogens (tertiary/aromatic N) is 3. The Morgan fingerprint density at radius 1 is 0.880 bits per heavy atom. The zero-order valence-corrected chi connectivity index (χ0v) is 14.5. The molecule has 122 valence electrons. The van der Waals surface area contributed by atoms with Gasteiger partial charge in [-0.2, -0.15) is 0 Å². The maximum absolute atomic E-state index is 6.11. The highest BCUT2D eigenvalue weighted by Crippen LogP contribution is 2.43. The summed E-state index contributed by atoms with van der Waals surface area (Å²) in [4.78, 5) is 7.24. The molecule has 0 N–H and O–H groups in total. The molecule has 3 aromatic carbocycles. The molecule has 1 aliphatic heterocycles. The van der Waals surface area contributed by atoms with Crippen molar-refractivity contribution in [3.8, 4) is 11.4 Å². The molecule has 0 amide bonds. The number of halogens is 1. The maximum atomic E-state index is 6.11. The molecule has 0 bridgehead atoms. The largest absolute Gasteiger partial charge is 0.350 e. The minimum atomic E-state index is 0.0366. The van der Waals surface area contributed by atoms with Crippen LogP contribution in [0.2, 0.25) is 5.02 Å². The fourth-order valence-electron chi connectivity index (χ4n) is 3.76. The summed E-state index contributed by atoms with van der Waals surface area (Å²) >= 11 is 6.11. The van der Waals surface area contributed by atoms with Gasteiger partial charge in [-0.1, -0.05) is 48.0 Å². The molecule has 0 saturated heterocycles. The van der Waals surface area contributed by atoms with E-state index in [4.69, 9.17) is 16.6 Å². The molecule has 4 aromatic rings. The van der Waals surface area contributed by atoms with E-state index >= 15 is 0 Å². The normalized spacial score (nSPS) is 15.9. The third kappa shape index (κ3) is 2.09. The first-order chi connectivity index (χ1) is 12.2. The number of hydrogen-bond acceptors (Lipinski definition) is 2. The van der Waals surface area contributed by atoms with Crippen molar-refractivity contribution in [2.45, 2.75) is 6.17 Å². The van der Waals surface area contributed by atoms with E-state index < -0.39 is 0 Å². The van der Waals surface area contributed by atoms with Gasteiger partial charge in [0.2, 0.25) is 0 Å². The van der Waals surface area contributed by atoms with E-state index in [1.54, 1.807) is 0 Å². The van der Waals surface area contributed by atoms with E-state index in [0.29, 0.717) is 0 Å². The first-order valence-corrected chi connectivity index (χ1v) is 8.66. The average molecular weight is 346 g/mol. The molecule has 2 heterocycles. The van der Waals surface area contributed by atoms with E-state index in [-0.39, 0.29) is 6.17 Å². The third-order valence-corrected chi connectivity index (χ3v) is 5.15. The predicted octanol–water partition coefficient (Wildman–Crippen LogP) is 5.35. The van der Waals surface area contributed by atoms with E-state index in [2.05, 4.69) is 71.1 Å². The number of para-hydroxylation sites is 3. The van der Waals surface area contributed by atoms with Crippen LogP contribution in [0.25, 0.3) is 22.4 Å². The highest BCUT2D eigenvalue weighted by Gasteiger charge is 2.31. The molecule has 0 aliphatic carbocycles. The van der Waals surface area contributed by atoms with Crippen molar-refractivity contribution < 1.29 is 0 Å². The molecule has 5 rings (SSSR count). The molecule has 1 aliphatic rings. The molecule has 0 spiro atoms. The summed E-state index contributed by atoms with van der Waals surface area (Å²) in [6.45, 7) is 0. The van der Waals surface area contributed by atoms with Crippen molar-refractivity contribution in [2.75, 3.05) is 11.9 Å². The Labute approximate surface area is 151 Å². The van der Waals surface area contributed by atoms with Crippen molar-refractivity contribution in [3.63, 3.8) is 0 Å². The Morgan fingerprint density at radius 3 is 2.44 bits per heavy atom. The lowest BCUT2D eigenvalue weighted by atomic mass is 10.0. The number of rotatable bonds is 1. The Kier molecular flexibility index (Phi) is 3.12. The molecule has 0 fully saturated rings. The molecule has 1 atom stereocenters. The van der Waals surface area contributed by atoms with Crippen LogP contribution >= 0.6 is 11.6 Å². The van der Waals surface area contributed by atoms with Gasteiger partial charge >= 0.3 is 0 Å². The first-order valence-electron chi connectivity index (χ1n) is 8.29. The van der Waals surface area contributed by atoms with Gasteiger partial charge < -0.3 is 4.90 Å². The van der Waals surface area contributed by atoms with Crippen LogP contribution in [0.3, 0.4) is 0 Å². The predicted molar refractivity (Wildman–Crippen MR) is 103 cm³/mol. The van der Waals surface area contributed by atoms with Crippen molar-refractivity contribution in [3.05, 3.63) is 83.4 Å². The van der Waals surface area contributed by atoms with Gasteiger partial charge in [-0.05, 0) is 42.0 Å². The van der Waals surface area contributed by atoms with Crippen LogP contribution in [0.4, 0.5) is 5.69 Å². The summed E-state index contributed by atoms with van der Waals surface area (Å²) < 4.78 is 2.32. The standard InChI is InChI=1S/C21H16ClN3/c1-24-18-8-4-2-6-16(18)20-23-17-7-3-5-9-19(17)25(20)21(24)14-10-12-15(22)13-11-14/h2-13,21H,1H3/t21-/m0/s1. The third-order valence-electron chi connectivity index (χ3n) is 4.90. The van der Waals surface area contributed by atoms with E-state index in [9.17, 15) is 0 Å². The molecule has 1 aromatic heterocycles. The summed E-state index contributed by atoms with van der Waals surface area (Å²) in [6, 6.07) is 24.8. The summed E-state index contributed by atoms with van der Waals surface area (Å²) in [7, 11) is 2.13. The minimum absolute atomic E-state index is 0.0366. The maximum Gasteiger partial charge on any atom is 0.145 e. The highest BCUT2D eigenvalue weighted by atomic mass is 35.5. The fraction of sp³-hybridized carbons (Fsp3) is 0.0952. The van der Waals surface area contributed by atoms with Crippen molar-refractivity contribution >= 4 is 28.3 Å². The smallest absolute Gasteiger partial charge is 0.145 e. The Balaban J connectivity index is 1.85. The van der Waals surface area contributed by atoms with Crippen molar-refractivity contribution in [1.29, 1.82) is 0 Å². The topological polar surface area (TPSA) is 21.1 Å². The highest BCUT2D eigenvalue weighted by molar-refractivity contribution is 6.30. The fourth-order valence-corrected chi connectivity index (χ4v) is 3.89. The van der Waals surface area contributed by atoms with Gasteiger partial charge in [-0.25, -0.2) is 4.98 Å². The van der Waals surface area contributed by atoms with Gasteiger partial charge in [-0.15, -0.1) is 0 Å². The Hall–Kier alpha value is -2.78. The molecular formula is C21H16ClN3. The van der Waals surface area contributed by atoms with Gasteiger partial charge in [0.25, 0.3) is 0 Å². The second-order valence-electron chi connectivity index (χ2n) is 6.35. The van der Waals surface area contributed by atoms with Crippen LogP contribution in [-0.2, 0) is 0 Å². The van der Waals surface area contributed by atoms with E-state index in [0.717, 1.165) is 27.4 Å². The molecule has 0 radical (unpaired) electrons. The van der Waals surface area contributed by atoms with Crippen LogP contribution in [0, 0.1) is 0 Å². The van der Waals surface area contributed by atoms with E-state index in [1.807, 2.05) is 18.2 Å². The van der Waals surface area contributed by atoms with Crippen molar-refractivity contribution in [1.82, 2.24) is 9.55 Å². The lowest BCUT2D eigenvalue weighted by Crippen LogP contribution is -2.34. The first kappa shape index (κ1) is 14.6. The summed E-state index contributed by atoms with van der Waals surface area (Å²) in [5.74, 6) is 1.01. The summed E-state index contributed by atoms with van der Waals surface area (Å²) in [5, 5.41) is 0.748. The summed E-state index contributed by atoms with van der Waals surface area (Å²) in [5.41, 5.74) is 5.68. The van der Waals surface area contributed by atoms with Crippen LogP contribution in [0.15, 0.2) is 72.8 Å². The van der Waals surface area contributed by atoms with Crippen LogP contribution in [-0.4, -0.2) is 16.6 Å². The number of benzene rings is 3.